The van der Waals surface area contributed by atoms with E-state index in [9.17, 15) is 14.4 Å². The monoisotopic (exact) mass is 474 g/mol. The first-order valence-electron chi connectivity index (χ1n) is 11.3. The van der Waals surface area contributed by atoms with Crippen molar-refractivity contribution in [2.75, 3.05) is 6.54 Å². The highest BCUT2D eigenvalue weighted by molar-refractivity contribution is 6.08. The van der Waals surface area contributed by atoms with Gasteiger partial charge in [-0.1, -0.05) is 66.7 Å². The molecule has 0 unspecified atom stereocenters. The van der Waals surface area contributed by atoms with Gasteiger partial charge in [0.2, 0.25) is 11.8 Å². The number of hydrogen-bond acceptors (Lipinski definition) is 4. The van der Waals surface area contributed by atoms with Crippen molar-refractivity contribution in [2.24, 2.45) is 22.2 Å². The molecule has 8 N–H and O–H groups in total. The number of carbonyl (C=O) groups excluding carboxylic acids is 3. The molecule has 0 bridgehead atoms. The van der Waals surface area contributed by atoms with Crippen molar-refractivity contribution in [1.82, 2.24) is 10.6 Å². The van der Waals surface area contributed by atoms with Gasteiger partial charge in [0.25, 0.3) is 5.91 Å². The lowest BCUT2D eigenvalue weighted by Gasteiger charge is -2.22. The van der Waals surface area contributed by atoms with Crippen LogP contribution in [0.1, 0.15) is 28.8 Å². The van der Waals surface area contributed by atoms with E-state index < -0.39 is 29.8 Å². The number of primary amides is 1. The predicted octanol–water partition coefficient (Wildman–Crippen LogP) is 1.20. The molecular formula is C26H30N6O3. The van der Waals surface area contributed by atoms with Crippen molar-refractivity contribution in [3.05, 3.63) is 83.9 Å². The minimum Gasteiger partial charge on any atom is -0.370 e. The van der Waals surface area contributed by atoms with Crippen molar-refractivity contribution in [1.29, 1.82) is 0 Å². The summed E-state index contributed by atoms with van der Waals surface area (Å²) in [6, 6.07) is 20.3. The number of amides is 3. The van der Waals surface area contributed by atoms with Crippen molar-refractivity contribution < 1.29 is 14.4 Å². The van der Waals surface area contributed by atoms with E-state index in [1.165, 1.54) is 0 Å². The van der Waals surface area contributed by atoms with Crippen LogP contribution in [-0.2, 0) is 16.0 Å². The number of hydrogen-bond donors (Lipinski definition) is 5. The van der Waals surface area contributed by atoms with Crippen molar-refractivity contribution >= 4 is 34.5 Å². The van der Waals surface area contributed by atoms with E-state index in [0.717, 1.165) is 16.3 Å². The van der Waals surface area contributed by atoms with E-state index in [0.29, 0.717) is 18.5 Å². The number of guanidine groups is 1. The lowest BCUT2D eigenvalue weighted by molar-refractivity contribution is -0.128. The van der Waals surface area contributed by atoms with Gasteiger partial charge in [-0.05, 0) is 35.2 Å². The summed E-state index contributed by atoms with van der Waals surface area (Å²) in [6.07, 6.45) is 0.932. The third kappa shape index (κ3) is 7.29. The third-order valence-corrected chi connectivity index (χ3v) is 5.54. The number of nitrogens with two attached hydrogens (primary N) is 3. The van der Waals surface area contributed by atoms with Crippen LogP contribution in [0.3, 0.4) is 0 Å². The molecule has 182 valence electrons. The molecule has 0 aliphatic heterocycles. The van der Waals surface area contributed by atoms with Crippen LogP contribution in [0, 0.1) is 0 Å². The number of carbonyl (C=O) groups is 3. The van der Waals surface area contributed by atoms with Gasteiger partial charge in [0, 0.05) is 18.5 Å². The van der Waals surface area contributed by atoms with Gasteiger partial charge in [-0.25, -0.2) is 0 Å². The molecule has 0 saturated carbocycles. The quantitative estimate of drug-likeness (QED) is 0.160. The molecule has 0 aromatic heterocycles. The van der Waals surface area contributed by atoms with E-state index in [1.54, 1.807) is 12.1 Å². The standard InChI is InChI=1S/C26H30N6O3/c27-23(33)22(16-17-8-2-1-3-9-17)32-25(35)21(14-7-15-30-26(28)29)31-24(34)20-13-6-11-18-10-4-5-12-19(18)20/h1-6,8-13,21-22H,7,14-16H2,(H2,27,33)(H,31,34)(H,32,35)(H4,28,29,30)/t21-,22-/m0/s1. The molecule has 3 aromatic carbocycles. The molecule has 0 aliphatic carbocycles. The summed E-state index contributed by atoms with van der Waals surface area (Å²) in [5.41, 5.74) is 17.6. The fraction of sp³-hybridized carbons (Fsp3) is 0.231. The van der Waals surface area contributed by atoms with Gasteiger partial charge in [0.05, 0.1) is 0 Å². The van der Waals surface area contributed by atoms with Crippen LogP contribution in [0.4, 0.5) is 0 Å². The van der Waals surface area contributed by atoms with Crippen molar-refractivity contribution in [3.63, 3.8) is 0 Å². The van der Waals surface area contributed by atoms with E-state index >= 15 is 0 Å². The summed E-state index contributed by atoms with van der Waals surface area (Å²) in [5.74, 6) is -1.63. The third-order valence-electron chi connectivity index (χ3n) is 5.54. The molecule has 3 aromatic rings. The first-order valence-corrected chi connectivity index (χ1v) is 11.3. The van der Waals surface area contributed by atoms with E-state index in [1.807, 2.05) is 60.7 Å². The molecule has 35 heavy (non-hydrogen) atoms. The minimum atomic E-state index is -0.931. The highest BCUT2D eigenvalue weighted by Gasteiger charge is 2.26. The molecule has 9 heteroatoms. The van der Waals surface area contributed by atoms with Gasteiger partial charge in [-0.3, -0.25) is 19.4 Å². The fourth-order valence-electron chi connectivity index (χ4n) is 3.78. The molecule has 0 heterocycles. The maximum Gasteiger partial charge on any atom is 0.252 e. The Bertz CT molecular complexity index is 1200. The topological polar surface area (TPSA) is 166 Å². The number of rotatable bonds is 11. The van der Waals surface area contributed by atoms with Crippen molar-refractivity contribution in [2.45, 2.75) is 31.3 Å². The molecule has 9 nitrogen and oxygen atoms in total. The second-order valence-corrected chi connectivity index (χ2v) is 8.15. The van der Waals surface area contributed by atoms with Gasteiger partial charge in [0.15, 0.2) is 5.96 Å². The summed E-state index contributed by atoms with van der Waals surface area (Å²) in [6.45, 7) is 0.291. The van der Waals surface area contributed by atoms with Gasteiger partial charge in [-0.2, -0.15) is 0 Å². The summed E-state index contributed by atoms with van der Waals surface area (Å²) in [7, 11) is 0. The number of nitrogens with one attached hydrogen (secondary N) is 2. The molecule has 2 atom stereocenters. The first kappa shape index (κ1) is 25.2. The highest BCUT2D eigenvalue weighted by Crippen LogP contribution is 2.18. The molecule has 3 rings (SSSR count). The molecule has 3 amide bonds. The Morgan fingerprint density at radius 1 is 0.800 bits per heavy atom. The molecular weight excluding hydrogens is 444 g/mol. The summed E-state index contributed by atoms with van der Waals surface area (Å²) in [5, 5.41) is 7.18. The number of nitrogens with zero attached hydrogens (tertiary/aromatic N) is 1. The Morgan fingerprint density at radius 3 is 2.20 bits per heavy atom. The average molecular weight is 475 g/mol. The van der Waals surface area contributed by atoms with Crippen LogP contribution in [-0.4, -0.2) is 42.3 Å². The zero-order valence-electron chi connectivity index (χ0n) is 19.3. The molecule has 0 aliphatic rings. The van der Waals surface area contributed by atoms with Crippen LogP contribution in [0.2, 0.25) is 0 Å². The lowest BCUT2D eigenvalue weighted by atomic mass is 10.0. The van der Waals surface area contributed by atoms with E-state index in [-0.39, 0.29) is 18.8 Å². The largest absolute Gasteiger partial charge is 0.370 e. The highest BCUT2D eigenvalue weighted by atomic mass is 16.2. The summed E-state index contributed by atoms with van der Waals surface area (Å²) >= 11 is 0. The molecule has 0 spiro atoms. The zero-order chi connectivity index (χ0) is 25.2. The Labute approximate surface area is 203 Å². The smallest absolute Gasteiger partial charge is 0.252 e. The Balaban J connectivity index is 1.78. The maximum atomic E-state index is 13.2. The SMILES string of the molecule is NC(=O)[C@H](Cc1ccccc1)NC(=O)[C@H](CCCN=C(N)N)NC(=O)c1cccc2ccccc12. The van der Waals surface area contributed by atoms with E-state index in [4.69, 9.17) is 17.2 Å². The zero-order valence-corrected chi connectivity index (χ0v) is 19.3. The fourth-order valence-corrected chi connectivity index (χ4v) is 3.78. The van der Waals surface area contributed by atoms with Gasteiger partial charge < -0.3 is 27.8 Å². The second kappa shape index (κ2) is 12.2. The summed E-state index contributed by atoms with van der Waals surface area (Å²) < 4.78 is 0. The number of fused-ring (bicyclic) bond motifs is 1. The first-order chi connectivity index (χ1) is 16.8. The van der Waals surface area contributed by atoms with Crippen LogP contribution < -0.4 is 27.8 Å². The van der Waals surface area contributed by atoms with Crippen LogP contribution in [0.5, 0.6) is 0 Å². The van der Waals surface area contributed by atoms with Gasteiger partial charge in [0.1, 0.15) is 12.1 Å². The van der Waals surface area contributed by atoms with Gasteiger partial charge >= 0.3 is 0 Å². The van der Waals surface area contributed by atoms with Crippen LogP contribution >= 0.6 is 0 Å². The molecule has 0 saturated heterocycles. The molecule has 0 radical (unpaired) electrons. The maximum absolute atomic E-state index is 13.2. The number of aliphatic imine (C=N–C) groups is 1. The Hall–Kier alpha value is -4.40. The Kier molecular flexibility index (Phi) is 8.77. The Morgan fingerprint density at radius 2 is 1.49 bits per heavy atom. The predicted molar refractivity (Wildman–Crippen MR) is 136 cm³/mol. The average Bonchev–Trinajstić information content (AvgIpc) is 2.85. The lowest BCUT2D eigenvalue weighted by Crippen LogP contribution is -2.53. The molecule has 0 fully saturated rings. The number of benzene rings is 3. The van der Waals surface area contributed by atoms with E-state index in [2.05, 4.69) is 15.6 Å². The van der Waals surface area contributed by atoms with Crippen LogP contribution in [0.25, 0.3) is 10.8 Å². The second-order valence-electron chi connectivity index (χ2n) is 8.15. The van der Waals surface area contributed by atoms with Crippen molar-refractivity contribution in [3.8, 4) is 0 Å². The van der Waals surface area contributed by atoms with Crippen LogP contribution in [0.15, 0.2) is 77.8 Å². The van der Waals surface area contributed by atoms with Gasteiger partial charge in [-0.15, -0.1) is 0 Å². The minimum absolute atomic E-state index is 0.0533. The summed E-state index contributed by atoms with van der Waals surface area (Å²) in [4.78, 5) is 42.4. The normalized spacial score (nSPS) is 12.3.